The fourth-order valence-electron chi connectivity index (χ4n) is 1.63. The van der Waals surface area contributed by atoms with Crippen molar-refractivity contribution >= 4 is 11.6 Å². The van der Waals surface area contributed by atoms with Crippen LogP contribution in [0.1, 0.15) is 30.9 Å². The number of ether oxygens (including phenoxy) is 1. The summed E-state index contributed by atoms with van der Waals surface area (Å²) in [6.45, 7) is 6.88. The number of carbonyl (C=O) groups is 1. The van der Waals surface area contributed by atoms with Crippen molar-refractivity contribution in [3.05, 3.63) is 23.3 Å². The molecule has 0 unspecified atom stereocenters. The van der Waals surface area contributed by atoms with E-state index in [1.54, 1.807) is 19.1 Å². The maximum atomic E-state index is 11.7. The van der Waals surface area contributed by atoms with Gasteiger partial charge in [0.15, 0.2) is 0 Å². The zero-order valence-corrected chi connectivity index (χ0v) is 11.2. The number of anilines is 1. The third kappa shape index (κ3) is 4.37. The molecule has 1 aromatic carbocycles. The first kappa shape index (κ1) is 14.5. The Morgan fingerprint density at radius 2 is 2.06 bits per heavy atom. The van der Waals surface area contributed by atoms with Crippen LogP contribution in [0.5, 0.6) is 5.75 Å². The van der Waals surface area contributed by atoms with Crippen molar-refractivity contribution in [3.63, 3.8) is 0 Å². The summed E-state index contributed by atoms with van der Waals surface area (Å²) in [5.74, 6) is 0.227. The summed E-state index contributed by atoms with van der Waals surface area (Å²) in [7, 11) is 0. The van der Waals surface area contributed by atoms with Gasteiger partial charge >= 0.3 is 0 Å². The lowest BCUT2D eigenvalue weighted by Crippen LogP contribution is -2.13. The van der Waals surface area contributed by atoms with E-state index in [2.05, 4.69) is 5.32 Å². The zero-order chi connectivity index (χ0) is 13.5. The highest BCUT2D eigenvalue weighted by atomic mass is 16.5. The van der Waals surface area contributed by atoms with Gasteiger partial charge < -0.3 is 15.2 Å². The summed E-state index contributed by atoms with van der Waals surface area (Å²) in [4.78, 5) is 11.7. The minimum Gasteiger partial charge on any atom is -0.508 e. The lowest BCUT2D eigenvalue weighted by molar-refractivity contribution is -0.116. The zero-order valence-electron chi connectivity index (χ0n) is 11.2. The predicted molar refractivity (Wildman–Crippen MR) is 71.9 cm³/mol. The Morgan fingerprint density at radius 1 is 1.33 bits per heavy atom. The van der Waals surface area contributed by atoms with E-state index in [1.165, 1.54) is 0 Å². The number of amides is 1. The van der Waals surface area contributed by atoms with Gasteiger partial charge in [0.05, 0.1) is 0 Å². The lowest BCUT2D eigenvalue weighted by atomic mass is 10.1. The van der Waals surface area contributed by atoms with E-state index in [1.807, 2.05) is 13.8 Å². The second-order valence-electron chi connectivity index (χ2n) is 4.30. The van der Waals surface area contributed by atoms with Crippen LogP contribution in [-0.4, -0.2) is 24.2 Å². The normalized spacial score (nSPS) is 10.4. The molecule has 1 rings (SSSR count). The van der Waals surface area contributed by atoms with Crippen LogP contribution in [0.4, 0.5) is 5.69 Å². The van der Waals surface area contributed by atoms with Gasteiger partial charge in [0.1, 0.15) is 5.75 Å². The highest BCUT2D eigenvalue weighted by Gasteiger charge is 2.07. The first-order valence-corrected chi connectivity index (χ1v) is 6.22. The number of phenols is 1. The van der Waals surface area contributed by atoms with Gasteiger partial charge in [-0.3, -0.25) is 4.79 Å². The number of carbonyl (C=O) groups excluding carboxylic acids is 1. The quantitative estimate of drug-likeness (QED) is 0.603. The second-order valence-corrected chi connectivity index (χ2v) is 4.30. The molecule has 0 bridgehead atoms. The maximum Gasteiger partial charge on any atom is 0.224 e. The summed E-state index contributed by atoms with van der Waals surface area (Å²) in [5.41, 5.74) is 2.37. The molecule has 0 aromatic heterocycles. The SMILES string of the molecule is CCOCCCC(=O)Nc1cc(C)c(O)cc1C. The van der Waals surface area contributed by atoms with Crippen molar-refractivity contribution < 1.29 is 14.6 Å². The highest BCUT2D eigenvalue weighted by Crippen LogP contribution is 2.25. The maximum absolute atomic E-state index is 11.7. The molecular formula is C14H21NO3. The van der Waals surface area contributed by atoms with Crippen LogP contribution in [0.2, 0.25) is 0 Å². The monoisotopic (exact) mass is 251 g/mol. The number of aromatic hydroxyl groups is 1. The van der Waals surface area contributed by atoms with E-state index in [4.69, 9.17) is 4.74 Å². The van der Waals surface area contributed by atoms with Crippen LogP contribution in [0.25, 0.3) is 0 Å². The predicted octanol–water partition coefficient (Wildman–Crippen LogP) is 2.76. The first-order chi connectivity index (χ1) is 8.54. The topological polar surface area (TPSA) is 58.6 Å². The molecule has 18 heavy (non-hydrogen) atoms. The molecule has 0 saturated carbocycles. The Kier molecular flexibility index (Phi) is 5.65. The fourth-order valence-corrected chi connectivity index (χ4v) is 1.63. The highest BCUT2D eigenvalue weighted by molar-refractivity contribution is 5.91. The van der Waals surface area contributed by atoms with E-state index >= 15 is 0 Å². The Hall–Kier alpha value is -1.55. The second kappa shape index (κ2) is 7.01. The summed E-state index contributed by atoms with van der Waals surface area (Å²) < 4.78 is 5.18. The molecule has 4 heteroatoms. The number of phenolic OH excluding ortho intramolecular Hbond substituents is 1. The van der Waals surface area contributed by atoms with Crippen molar-refractivity contribution in [2.45, 2.75) is 33.6 Å². The van der Waals surface area contributed by atoms with Gasteiger partial charge in [-0.05, 0) is 50.5 Å². The van der Waals surface area contributed by atoms with Gasteiger partial charge in [-0.2, -0.15) is 0 Å². The van der Waals surface area contributed by atoms with Crippen LogP contribution in [-0.2, 0) is 9.53 Å². The van der Waals surface area contributed by atoms with Gasteiger partial charge in [0, 0.05) is 25.3 Å². The molecule has 2 N–H and O–H groups in total. The number of rotatable bonds is 6. The van der Waals surface area contributed by atoms with Crippen molar-refractivity contribution in [2.75, 3.05) is 18.5 Å². The van der Waals surface area contributed by atoms with Crippen LogP contribution >= 0.6 is 0 Å². The Labute approximate surface area is 108 Å². The molecular weight excluding hydrogens is 230 g/mol. The molecule has 0 aliphatic rings. The van der Waals surface area contributed by atoms with E-state index < -0.39 is 0 Å². The summed E-state index contributed by atoms with van der Waals surface area (Å²) >= 11 is 0. The summed E-state index contributed by atoms with van der Waals surface area (Å²) in [5, 5.41) is 12.4. The van der Waals surface area contributed by atoms with Crippen LogP contribution < -0.4 is 5.32 Å². The Balaban J connectivity index is 2.51. The molecule has 0 saturated heterocycles. The van der Waals surface area contributed by atoms with Gasteiger partial charge in [-0.15, -0.1) is 0 Å². The number of hydrogen-bond acceptors (Lipinski definition) is 3. The molecule has 0 spiro atoms. The van der Waals surface area contributed by atoms with Crippen molar-refractivity contribution in [2.24, 2.45) is 0 Å². The Morgan fingerprint density at radius 3 is 2.72 bits per heavy atom. The van der Waals surface area contributed by atoms with Crippen molar-refractivity contribution in [1.82, 2.24) is 0 Å². The average molecular weight is 251 g/mol. The van der Waals surface area contributed by atoms with E-state index in [9.17, 15) is 9.90 Å². The van der Waals surface area contributed by atoms with Crippen molar-refractivity contribution in [1.29, 1.82) is 0 Å². The number of hydrogen-bond donors (Lipinski definition) is 2. The standard InChI is InChI=1S/C14H21NO3/c1-4-18-7-5-6-14(17)15-12-8-11(3)13(16)9-10(12)2/h8-9,16H,4-7H2,1-3H3,(H,15,17). The van der Waals surface area contributed by atoms with Crippen LogP contribution in [0, 0.1) is 13.8 Å². The van der Waals surface area contributed by atoms with Gasteiger partial charge in [0.2, 0.25) is 5.91 Å². The number of nitrogens with one attached hydrogen (secondary N) is 1. The van der Waals surface area contributed by atoms with Gasteiger partial charge in [0.25, 0.3) is 0 Å². The largest absolute Gasteiger partial charge is 0.508 e. The molecule has 100 valence electrons. The van der Waals surface area contributed by atoms with Crippen LogP contribution in [0.15, 0.2) is 12.1 Å². The minimum atomic E-state index is -0.0251. The van der Waals surface area contributed by atoms with E-state index in [0.29, 0.717) is 19.6 Å². The molecule has 0 heterocycles. The van der Waals surface area contributed by atoms with Gasteiger partial charge in [-0.1, -0.05) is 0 Å². The third-order valence-electron chi connectivity index (χ3n) is 2.71. The van der Waals surface area contributed by atoms with E-state index in [-0.39, 0.29) is 11.7 Å². The molecule has 1 aromatic rings. The molecule has 4 nitrogen and oxygen atoms in total. The molecule has 0 fully saturated rings. The third-order valence-corrected chi connectivity index (χ3v) is 2.71. The first-order valence-electron chi connectivity index (χ1n) is 6.22. The lowest BCUT2D eigenvalue weighted by Gasteiger charge is -2.10. The smallest absolute Gasteiger partial charge is 0.224 e. The molecule has 1 amide bonds. The molecule has 0 aliphatic heterocycles. The molecule has 0 atom stereocenters. The summed E-state index contributed by atoms with van der Waals surface area (Å²) in [6.07, 6.45) is 1.16. The Bertz CT molecular complexity index is 416. The molecule has 0 aliphatic carbocycles. The van der Waals surface area contributed by atoms with Crippen LogP contribution in [0.3, 0.4) is 0 Å². The fraction of sp³-hybridized carbons (Fsp3) is 0.500. The average Bonchev–Trinajstić information content (AvgIpc) is 2.32. The van der Waals surface area contributed by atoms with Gasteiger partial charge in [-0.25, -0.2) is 0 Å². The van der Waals surface area contributed by atoms with E-state index in [0.717, 1.165) is 23.2 Å². The van der Waals surface area contributed by atoms with Crippen molar-refractivity contribution in [3.8, 4) is 5.75 Å². The minimum absolute atomic E-state index is 0.0251. The molecule has 0 radical (unpaired) electrons. The summed E-state index contributed by atoms with van der Waals surface area (Å²) in [6, 6.07) is 3.44. The number of benzene rings is 1. The number of aryl methyl sites for hydroxylation is 2.